The number of carbonyl (C=O) groups is 1. The fourth-order valence-corrected chi connectivity index (χ4v) is 2.13. The van der Waals surface area contributed by atoms with Crippen molar-refractivity contribution in [3.05, 3.63) is 29.8 Å². The Morgan fingerprint density at radius 1 is 1.38 bits per heavy atom. The van der Waals surface area contributed by atoms with Crippen LogP contribution in [0.1, 0.15) is 29.6 Å². The first kappa shape index (κ1) is 11.0. The molecule has 16 heavy (non-hydrogen) atoms. The molecule has 0 radical (unpaired) electrons. The number of carbonyl (C=O) groups excluding carboxylic acids is 1. The number of aliphatic hydroxyl groups excluding tert-OH is 1. The highest BCUT2D eigenvalue weighted by Crippen LogP contribution is 2.24. The molecule has 2 atom stereocenters. The summed E-state index contributed by atoms with van der Waals surface area (Å²) in [5.74, 6) is -0.429. The normalized spacial score (nSPS) is 24.3. The van der Waals surface area contributed by atoms with Gasteiger partial charge in [0, 0.05) is 11.7 Å². The van der Waals surface area contributed by atoms with Crippen molar-refractivity contribution < 1.29 is 9.90 Å². The van der Waals surface area contributed by atoms with Gasteiger partial charge in [-0.1, -0.05) is 12.1 Å². The number of rotatable bonds is 3. The van der Waals surface area contributed by atoms with E-state index in [1.165, 1.54) is 0 Å². The maximum Gasteiger partial charge on any atom is 0.250 e. The van der Waals surface area contributed by atoms with Gasteiger partial charge in [0.1, 0.15) is 0 Å². The molecule has 0 bridgehead atoms. The van der Waals surface area contributed by atoms with E-state index in [2.05, 4.69) is 5.32 Å². The molecule has 0 spiro atoms. The Morgan fingerprint density at radius 3 is 2.75 bits per heavy atom. The molecule has 1 amide bonds. The van der Waals surface area contributed by atoms with E-state index in [4.69, 9.17) is 5.73 Å². The van der Waals surface area contributed by atoms with E-state index in [9.17, 15) is 9.90 Å². The van der Waals surface area contributed by atoms with Gasteiger partial charge in [0.25, 0.3) is 5.91 Å². The monoisotopic (exact) mass is 220 g/mol. The van der Waals surface area contributed by atoms with Crippen LogP contribution in [0.25, 0.3) is 0 Å². The molecule has 4 heteroatoms. The highest BCUT2D eigenvalue weighted by Gasteiger charge is 2.23. The van der Waals surface area contributed by atoms with E-state index >= 15 is 0 Å². The molecule has 1 aromatic rings. The Bertz CT molecular complexity index is 392. The zero-order chi connectivity index (χ0) is 11.5. The number of benzene rings is 1. The van der Waals surface area contributed by atoms with Gasteiger partial charge in [-0.15, -0.1) is 0 Å². The van der Waals surface area contributed by atoms with Crippen LogP contribution in [0.15, 0.2) is 24.3 Å². The molecule has 0 aliphatic heterocycles. The first-order valence-corrected chi connectivity index (χ1v) is 5.50. The molecule has 0 heterocycles. The number of aliphatic hydroxyl groups is 1. The minimum atomic E-state index is -0.429. The van der Waals surface area contributed by atoms with E-state index < -0.39 is 5.91 Å². The largest absolute Gasteiger partial charge is 0.393 e. The summed E-state index contributed by atoms with van der Waals surface area (Å²) in [6.45, 7) is 0. The zero-order valence-corrected chi connectivity index (χ0v) is 9.02. The van der Waals surface area contributed by atoms with Crippen LogP contribution < -0.4 is 11.1 Å². The first-order valence-electron chi connectivity index (χ1n) is 5.50. The van der Waals surface area contributed by atoms with Crippen molar-refractivity contribution in [1.82, 2.24) is 0 Å². The lowest BCUT2D eigenvalue weighted by atomic mass is 10.1. The quantitative estimate of drug-likeness (QED) is 0.714. The molecule has 1 fully saturated rings. The second-order valence-electron chi connectivity index (χ2n) is 4.22. The first-order chi connectivity index (χ1) is 7.66. The van der Waals surface area contributed by atoms with Gasteiger partial charge in [-0.3, -0.25) is 4.79 Å². The smallest absolute Gasteiger partial charge is 0.250 e. The molecule has 1 saturated carbocycles. The van der Waals surface area contributed by atoms with Crippen molar-refractivity contribution in [2.45, 2.75) is 31.4 Å². The van der Waals surface area contributed by atoms with Crippen LogP contribution in [0.4, 0.5) is 5.69 Å². The summed E-state index contributed by atoms with van der Waals surface area (Å²) in [6.07, 6.45) is 2.25. The zero-order valence-electron chi connectivity index (χ0n) is 9.02. The van der Waals surface area contributed by atoms with Crippen LogP contribution in [-0.4, -0.2) is 23.2 Å². The van der Waals surface area contributed by atoms with E-state index in [1.54, 1.807) is 12.1 Å². The Kier molecular flexibility index (Phi) is 3.10. The number of primary amides is 1. The third kappa shape index (κ3) is 2.33. The van der Waals surface area contributed by atoms with E-state index in [1.807, 2.05) is 12.1 Å². The van der Waals surface area contributed by atoms with Crippen LogP contribution in [-0.2, 0) is 0 Å². The summed E-state index contributed by atoms with van der Waals surface area (Å²) in [5, 5.41) is 12.7. The molecule has 4 nitrogen and oxygen atoms in total. The maximum absolute atomic E-state index is 11.2. The Balaban J connectivity index is 2.12. The van der Waals surface area contributed by atoms with Gasteiger partial charge < -0.3 is 16.2 Å². The molecule has 2 rings (SSSR count). The highest BCUT2D eigenvalue weighted by molar-refractivity contribution is 5.98. The second kappa shape index (κ2) is 4.53. The van der Waals surface area contributed by atoms with E-state index in [0.29, 0.717) is 5.56 Å². The van der Waals surface area contributed by atoms with Gasteiger partial charge in [0.05, 0.1) is 11.7 Å². The minimum Gasteiger partial charge on any atom is -0.393 e. The lowest BCUT2D eigenvalue weighted by Crippen LogP contribution is -2.20. The SMILES string of the molecule is NC(=O)c1ccccc1N[C@@H]1CC[C@H](O)C1. The fraction of sp³-hybridized carbons (Fsp3) is 0.417. The number of amides is 1. The number of para-hydroxylation sites is 1. The molecular weight excluding hydrogens is 204 g/mol. The Hall–Kier alpha value is -1.55. The molecule has 0 unspecified atom stereocenters. The second-order valence-corrected chi connectivity index (χ2v) is 4.22. The van der Waals surface area contributed by atoms with Crippen LogP contribution in [0.2, 0.25) is 0 Å². The van der Waals surface area contributed by atoms with E-state index in [0.717, 1.165) is 24.9 Å². The fourth-order valence-electron chi connectivity index (χ4n) is 2.13. The molecule has 1 aromatic carbocycles. The molecule has 0 saturated heterocycles. The van der Waals surface area contributed by atoms with Crippen molar-refractivity contribution >= 4 is 11.6 Å². The average Bonchev–Trinajstić information content (AvgIpc) is 2.64. The summed E-state index contributed by atoms with van der Waals surface area (Å²) in [7, 11) is 0. The Labute approximate surface area is 94.5 Å². The van der Waals surface area contributed by atoms with Gasteiger partial charge in [0.2, 0.25) is 0 Å². The number of hydrogen-bond donors (Lipinski definition) is 3. The van der Waals surface area contributed by atoms with Crippen molar-refractivity contribution in [3.8, 4) is 0 Å². The molecule has 86 valence electrons. The van der Waals surface area contributed by atoms with Gasteiger partial charge >= 0.3 is 0 Å². The van der Waals surface area contributed by atoms with Crippen molar-refractivity contribution in [1.29, 1.82) is 0 Å². The third-order valence-electron chi connectivity index (χ3n) is 2.96. The number of anilines is 1. The van der Waals surface area contributed by atoms with Crippen molar-refractivity contribution in [2.24, 2.45) is 5.73 Å². The van der Waals surface area contributed by atoms with Crippen LogP contribution in [0, 0.1) is 0 Å². The predicted molar refractivity (Wildman–Crippen MR) is 62.2 cm³/mol. The standard InChI is InChI=1S/C12H16N2O2/c13-12(16)10-3-1-2-4-11(10)14-8-5-6-9(15)7-8/h1-4,8-9,14-15H,5-7H2,(H2,13,16)/t8-,9+/m1/s1. The summed E-state index contributed by atoms with van der Waals surface area (Å²) in [4.78, 5) is 11.2. The number of nitrogens with one attached hydrogen (secondary N) is 1. The van der Waals surface area contributed by atoms with E-state index in [-0.39, 0.29) is 12.1 Å². The summed E-state index contributed by atoms with van der Waals surface area (Å²) in [6, 6.07) is 7.42. The lowest BCUT2D eigenvalue weighted by molar-refractivity contribution is 0.100. The Morgan fingerprint density at radius 2 is 2.12 bits per heavy atom. The molecule has 0 aromatic heterocycles. The third-order valence-corrected chi connectivity index (χ3v) is 2.96. The van der Waals surface area contributed by atoms with Crippen molar-refractivity contribution in [3.63, 3.8) is 0 Å². The van der Waals surface area contributed by atoms with Crippen LogP contribution >= 0.6 is 0 Å². The molecule has 4 N–H and O–H groups in total. The number of hydrogen-bond acceptors (Lipinski definition) is 3. The molecule has 1 aliphatic carbocycles. The molecule has 1 aliphatic rings. The summed E-state index contributed by atoms with van der Waals surface area (Å²) in [5.41, 5.74) is 6.55. The van der Waals surface area contributed by atoms with Gasteiger partial charge in [-0.2, -0.15) is 0 Å². The highest BCUT2D eigenvalue weighted by atomic mass is 16.3. The number of nitrogens with two attached hydrogens (primary N) is 1. The van der Waals surface area contributed by atoms with Crippen molar-refractivity contribution in [2.75, 3.05) is 5.32 Å². The van der Waals surface area contributed by atoms with Crippen LogP contribution in [0.3, 0.4) is 0 Å². The predicted octanol–water partition coefficient (Wildman–Crippen LogP) is 1.11. The maximum atomic E-state index is 11.2. The van der Waals surface area contributed by atoms with Gasteiger partial charge in [-0.25, -0.2) is 0 Å². The van der Waals surface area contributed by atoms with Gasteiger partial charge in [-0.05, 0) is 31.4 Å². The van der Waals surface area contributed by atoms with Gasteiger partial charge in [0.15, 0.2) is 0 Å². The summed E-state index contributed by atoms with van der Waals surface area (Å²) < 4.78 is 0. The average molecular weight is 220 g/mol. The minimum absolute atomic E-state index is 0.224. The van der Waals surface area contributed by atoms with Crippen LogP contribution in [0.5, 0.6) is 0 Å². The molecular formula is C12H16N2O2. The topological polar surface area (TPSA) is 75.4 Å². The lowest BCUT2D eigenvalue weighted by Gasteiger charge is -2.15. The summed E-state index contributed by atoms with van der Waals surface area (Å²) >= 11 is 0.